The molecule has 1 aliphatic rings. The highest BCUT2D eigenvalue weighted by Gasteiger charge is 2.30. The molecule has 0 aliphatic carbocycles. The average molecular weight is 459 g/mol. The molecule has 0 aromatic heterocycles. The van der Waals surface area contributed by atoms with Crippen LogP contribution in [0.5, 0.6) is 0 Å². The third kappa shape index (κ3) is 5.46. The first kappa shape index (κ1) is 23.7. The van der Waals surface area contributed by atoms with Crippen molar-refractivity contribution in [2.45, 2.75) is 44.2 Å². The molecule has 2 N–H and O–H groups in total. The lowest BCUT2D eigenvalue weighted by molar-refractivity contribution is -0.121. The summed E-state index contributed by atoms with van der Waals surface area (Å²) in [6, 6.07) is 12.6. The third-order valence-electron chi connectivity index (χ3n) is 5.50. The number of carbonyl (C=O) groups excluding carboxylic acids is 2. The zero-order valence-corrected chi connectivity index (χ0v) is 19.7. The van der Waals surface area contributed by atoms with E-state index in [1.807, 2.05) is 50.2 Å². The number of nitrogens with one attached hydrogen (secondary N) is 2. The number of sulfonamides is 1. The molecule has 0 fully saturated rings. The maximum Gasteiger partial charge on any atom is 0.240 e. The summed E-state index contributed by atoms with van der Waals surface area (Å²) in [7, 11) is 0.170. The van der Waals surface area contributed by atoms with E-state index in [0.717, 1.165) is 22.5 Å². The fourth-order valence-corrected chi connectivity index (χ4v) is 4.92. The molecule has 0 saturated heterocycles. The molecule has 0 bridgehead atoms. The summed E-state index contributed by atoms with van der Waals surface area (Å²) in [6.45, 7) is 3.82. The van der Waals surface area contributed by atoms with Gasteiger partial charge in [-0.1, -0.05) is 12.1 Å². The molecule has 9 heteroatoms. The van der Waals surface area contributed by atoms with Crippen molar-refractivity contribution < 1.29 is 18.0 Å². The van der Waals surface area contributed by atoms with Crippen molar-refractivity contribution in [2.24, 2.45) is 0 Å². The van der Waals surface area contributed by atoms with Gasteiger partial charge in [-0.3, -0.25) is 9.59 Å². The number of hydrogen-bond donors (Lipinski definition) is 2. The predicted octanol–water partition coefficient (Wildman–Crippen LogP) is 2.03. The molecule has 2 amide bonds. The second kappa shape index (κ2) is 9.70. The fraction of sp³-hybridized carbons (Fsp3) is 0.391. The molecule has 0 radical (unpaired) electrons. The maximum atomic E-state index is 12.6. The SMILES string of the molecule is CC(=O)N1c2ccc(S(=O)(=O)NCCC(=O)NCc3ccc(N(C)C)cc3)cc2C[C@@H]1C. The lowest BCUT2D eigenvalue weighted by Gasteiger charge is -2.20. The van der Waals surface area contributed by atoms with E-state index in [4.69, 9.17) is 0 Å². The number of fused-ring (bicyclic) bond motifs is 1. The van der Waals surface area contributed by atoms with Crippen molar-refractivity contribution >= 4 is 33.2 Å². The van der Waals surface area contributed by atoms with Crippen LogP contribution in [0.3, 0.4) is 0 Å². The van der Waals surface area contributed by atoms with Crippen LogP contribution < -0.4 is 19.8 Å². The zero-order valence-electron chi connectivity index (χ0n) is 18.9. The van der Waals surface area contributed by atoms with Gasteiger partial charge in [0.05, 0.1) is 4.90 Å². The summed E-state index contributed by atoms with van der Waals surface area (Å²) < 4.78 is 27.8. The monoisotopic (exact) mass is 458 g/mol. The highest BCUT2D eigenvalue weighted by atomic mass is 32.2. The van der Waals surface area contributed by atoms with Crippen LogP contribution in [0.4, 0.5) is 11.4 Å². The van der Waals surface area contributed by atoms with Gasteiger partial charge in [-0.2, -0.15) is 0 Å². The molecule has 2 aromatic carbocycles. The van der Waals surface area contributed by atoms with Crippen LogP contribution in [-0.4, -0.2) is 46.9 Å². The van der Waals surface area contributed by atoms with Crippen LogP contribution in [-0.2, 0) is 32.6 Å². The van der Waals surface area contributed by atoms with Crippen molar-refractivity contribution in [3.8, 4) is 0 Å². The second-order valence-electron chi connectivity index (χ2n) is 8.22. The van der Waals surface area contributed by atoms with E-state index in [2.05, 4.69) is 10.0 Å². The minimum absolute atomic E-state index is 0.000786. The van der Waals surface area contributed by atoms with Crippen molar-refractivity contribution in [1.82, 2.24) is 10.0 Å². The minimum Gasteiger partial charge on any atom is -0.378 e. The quantitative estimate of drug-likeness (QED) is 0.631. The average Bonchev–Trinajstić information content (AvgIpc) is 3.07. The molecule has 1 heterocycles. The summed E-state index contributed by atoms with van der Waals surface area (Å²) >= 11 is 0. The van der Waals surface area contributed by atoms with Crippen LogP contribution in [0.1, 0.15) is 31.4 Å². The van der Waals surface area contributed by atoms with Crippen LogP contribution in [0.2, 0.25) is 0 Å². The number of benzene rings is 2. The normalized spacial score (nSPS) is 15.4. The summed E-state index contributed by atoms with van der Waals surface area (Å²) in [5.74, 6) is -0.297. The van der Waals surface area contributed by atoms with Crippen molar-refractivity contribution in [3.05, 3.63) is 53.6 Å². The summed E-state index contributed by atoms with van der Waals surface area (Å²) in [5.41, 5.74) is 3.62. The number of amides is 2. The summed E-state index contributed by atoms with van der Waals surface area (Å²) in [5, 5.41) is 2.80. The van der Waals surface area contributed by atoms with Gasteiger partial charge in [0.15, 0.2) is 0 Å². The van der Waals surface area contributed by atoms with E-state index >= 15 is 0 Å². The lowest BCUT2D eigenvalue weighted by atomic mass is 10.1. The number of rotatable bonds is 8. The van der Waals surface area contributed by atoms with Crippen LogP contribution in [0.25, 0.3) is 0 Å². The molecule has 0 saturated carbocycles. The van der Waals surface area contributed by atoms with E-state index in [9.17, 15) is 18.0 Å². The lowest BCUT2D eigenvalue weighted by Crippen LogP contribution is -2.33. The largest absolute Gasteiger partial charge is 0.378 e. The Bertz CT molecular complexity index is 1100. The first-order chi connectivity index (χ1) is 15.1. The van der Waals surface area contributed by atoms with Gasteiger partial charge in [0.25, 0.3) is 0 Å². The van der Waals surface area contributed by atoms with Gasteiger partial charge in [0.2, 0.25) is 21.8 Å². The van der Waals surface area contributed by atoms with Gasteiger partial charge in [-0.15, -0.1) is 0 Å². The highest BCUT2D eigenvalue weighted by molar-refractivity contribution is 7.89. The number of nitrogens with zero attached hydrogens (tertiary/aromatic N) is 2. The summed E-state index contributed by atoms with van der Waals surface area (Å²) in [6.07, 6.45) is 0.644. The molecule has 3 rings (SSSR count). The van der Waals surface area contributed by atoms with E-state index < -0.39 is 10.0 Å². The second-order valence-corrected chi connectivity index (χ2v) is 9.99. The van der Waals surface area contributed by atoms with E-state index in [1.165, 1.54) is 13.0 Å². The topological polar surface area (TPSA) is 98.8 Å². The van der Waals surface area contributed by atoms with Crippen molar-refractivity contribution in [3.63, 3.8) is 0 Å². The Hall–Kier alpha value is -2.91. The van der Waals surface area contributed by atoms with Gasteiger partial charge in [-0.05, 0) is 54.8 Å². The third-order valence-corrected chi connectivity index (χ3v) is 6.96. The van der Waals surface area contributed by atoms with Gasteiger partial charge in [0.1, 0.15) is 0 Å². The van der Waals surface area contributed by atoms with Crippen molar-refractivity contribution in [1.29, 1.82) is 0 Å². The Balaban J connectivity index is 1.51. The van der Waals surface area contributed by atoms with Gasteiger partial charge >= 0.3 is 0 Å². The Kier molecular flexibility index (Phi) is 7.20. The first-order valence-electron chi connectivity index (χ1n) is 10.5. The Morgan fingerprint density at radius 1 is 1.12 bits per heavy atom. The zero-order chi connectivity index (χ0) is 23.5. The minimum atomic E-state index is -3.75. The Labute approximate surface area is 189 Å². The predicted molar refractivity (Wildman–Crippen MR) is 125 cm³/mol. The van der Waals surface area contributed by atoms with Crippen LogP contribution >= 0.6 is 0 Å². The number of hydrogen-bond acceptors (Lipinski definition) is 5. The molecular weight excluding hydrogens is 428 g/mol. The number of anilines is 2. The molecule has 1 aliphatic heterocycles. The molecule has 2 aromatic rings. The fourth-order valence-electron chi connectivity index (χ4n) is 3.84. The van der Waals surface area contributed by atoms with E-state index in [-0.39, 0.29) is 35.7 Å². The van der Waals surface area contributed by atoms with E-state index in [1.54, 1.807) is 17.0 Å². The standard InChI is InChI=1S/C23H30N4O4S/c1-16-13-19-14-21(9-10-22(19)27(16)17(2)28)32(30,31)25-12-11-23(29)24-15-18-5-7-20(8-6-18)26(3)4/h5-10,14,16,25H,11-13,15H2,1-4H3,(H,24,29)/t16-/m0/s1. The molecule has 8 nitrogen and oxygen atoms in total. The first-order valence-corrected chi connectivity index (χ1v) is 12.0. The molecule has 0 spiro atoms. The summed E-state index contributed by atoms with van der Waals surface area (Å²) in [4.78, 5) is 27.8. The molecule has 172 valence electrons. The Morgan fingerprint density at radius 3 is 2.44 bits per heavy atom. The molecule has 32 heavy (non-hydrogen) atoms. The van der Waals surface area contributed by atoms with Gasteiger partial charge in [0, 0.05) is 57.9 Å². The van der Waals surface area contributed by atoms with Crippen molar-refractivity contribution in [2.75, 3.05) is 30.4 Å². The van der Waals surface area contributed by atoms with Crippen LogP contribution in [0.15, 0.2) is 47.4 Å². The maximum absolute atomic E-state index is 12.6. The van der Waals surface area contributed by atoms with Crippen LogP contribution in [0, 0.1) is 0 Å². The number of carbonyl (C=O) groups is 2. The molecular formula is C23H30N4O4S. The van der Waals surface area contributed by atoms with Gasteiger partial charge in [-0.25, -0.2) is 13.1 Å². The smallest absolute Gasteiger partial charge is 0.240 e. The molecule has 0 unspecified atom stereocenters. The van der Waals surface area contributed by atoms with Gasteiger partial charge < -0.3 is 15.1 Å². The van der Waals surface area contributed by atoms with E-state index in [0.29, 0.717) is 13.0 Å². The Morgan fingerprint density at radius 2 is 1.81 bits per heavy atom. The highest BCUT2D eigenvalue weighted by Crippen LogP contribution is 2.33. The molecule has 1 atom stereocenters.